The van der Waals surface area contributed by atoms with Crippen molar-refractivity contribution < 1.29 is 9.31 Å². The first-order valence-electron chi connectivity index (χ1n) is 7.61. The number of nitro benzene ring substituents is 1. The summed E-state index contributed by atoms with van der Waals surface area (Å²) in [6.07, 6.45) is 5.36. The lowest BCUT2D eigenvalue weighted by Gasteiger charge is -2.40. The average molecular weight is 293 g/mol. The van der Waals surface area contributed by atoms with Gasteiger partial charge in [-0.1, -0.05) is 0 Å². The monoisotopic (exact) mass is 293 g/mol. The van der Waals surface area contributed by atoms with E-state index in [9.17, 15) is 14.5 Å². The molecule has 0 radical (unpaired) electrons. The van der Waals surface area contributed by atoms with Gasteiger partial charge in [0.2, 0.25) is 0 Å². The molecule has 2 heterocycles. The summed E-state index contributed by atoms with van der Waals surface area (Å²) in [5.41, 5.74) is 0.430. The first-order chi connectivity index (χ1) is 10.2. The van der Waals surface area contributed by atoms with Gasteiger partial charge < -0.3 is 10.2 Å². The van der Waals surface area contributed by atoms with Crippen LogP contribution in [-0.4, -0.2) is 30.1 Å². The van der Waals surface area contributed by atoms with Gasteiger partial charge in [0, 0.05) is 30.8 Å². The SMILES string of the molecule is O=[N+]([O-])c1ccc(F)cc1N1CCCCC1C1CCCN1. The second-order valence-corrected chi connectivity index (χ2v) is 5.85. The Kier molecular flexibility index (Phi) is 4.05. The van der Waals surface area contributed by atoms with E-state index < -0.39 is 10.7 Å². The van der Waals surface area contributed by atoms with Gasteiger partial charge in [-0.25, -0.2) is 4.39 Å². The molecule has 0 amide bonds. The Morgan fingerprint density at radius 2 is 2.14 bits per heavy atom. The van der Waals surface area contributed by atoms with Crippen molar-refractivity contribution in [2.75, 3.05) is 18.0 Å². The van der Waals surface area contributed by atoms with Crippen LogP contribution in [0.25, 0.3) is 0 Å². The van der Waals surface area contributed by atoms with Crippen molar-refractivity contribution in [1.29, 1.82) is 0 Å². The Balaban J connectivity index is 1.95. The standard InChI is InChI=1S/C15H20FN3O2/c16-11-6-7-14(19(20)21)15(10-11)18-9-2-1-5-13(18)12-4-3-8-17-12/h6-7,10,12-13,17H,1-5,8-9H2. The van der Waals surface area contributed by atoms with Gasteiger partial charge in [-0.05, 0) is 44.7 Å². The molecule has 0 spiro atoms. The van der Waals surface area contributed by atoms with Crippen molar-refractivity contribution in [2.45, 2.75) is 44.2 Å². The van der Waals surface area contributed by atoms with Crippen LogP contribution in [0.1, 0.15) is 32.1 Å². The molecule has 0 aliphatic carbocycles. The maximum Gasteiger partial charge on any atom is 0.292 e. The first kappa shape index (κ1) is 14.3. The summed E-state index contributed by atoms with van der Waals surface area (Å²) in [5.74, 6) is -0.417. The van der Waals surface area contributed by atoms with Crippen molar-refractivity contribution >= 4 is 11.4 Å². The molecule has 0 aromatic heterocycles. The third-order valence-electron chi connectivity index (χ3n) is 4.56. The number of anilines is 1. The highest BCUT2D eigenvalue weighted by Crippen LogP contribution is 2.35. The number of hydrogen-bond donors (Lipinski definition) is 1. The molecule has 6 heteroatoms. The van der Waals surface area contributed by atoms with Crippen LogP contribution in [0.2, 0.25) is 0 Å². The lowest BCUT2D eigenvalue weighted by Crippen LogP contribution is -2.50. The number of nitrogens with one attached hydrogen (secondary N) is 1. The Labute approximate surface area is 123 Å². The molecule has 1 N–H and O–H groups in total. The van der Waals surface area contributed by atoms with Gasteiger partial charge >= 0.3 is 0 Å². The zero-order chi connectivity index (χ0) is 14.8. The molecule has 1 aromatic carbocycles. The summed E-state index contributed by atoms with van der Waals surface area (Å²) in [7, 11) is 0. The van der Waals surface area contributed by atoms with Gasteiger partial charge in [0.1, 0.15) is 11.5 Å². The molecule has 3 rings (SSSR count). The molecule has 1 aromatic rings. The van der Waals surface area contributed by atoms with E-state index >= 15 is 0 Å². The zero-order valence-corrected chi connectivity index (χ0v) is 11.9. The molecule has 2 atom stereocenters. The summed E-state index contributed by atoms with van der Waals surface area (Å²) in [6.45, 7) is 1.76. The minimum atomic E-state index is -0.417. The van der Waals surface area contributed by atoms with E-state index in [-0.39, 0.29) is 11.7 Å². The topological polar surface area (TPSA) is 58.4 Å². The second-order valence-electron chi connectivity index (χ2n) is 5.85. The number of piperidine rings is 1. The quantitative estimate of drug-likeness (QED) is 0.687. The van der Waals surface area contributed by atoms with E-state index in [1.165, 1.54) is 12.1 Å². The van der Waals surface area contributed by atoms with Crippen LogP contribution in [0.15, 0.2) is 18.2 Å². The van der Waals surface area contributed by atoms with Crippen LogP contribution < -0.4 is 10.2 Å². The highest BCUT2D eigenvalue weighted by molar-refractivity contribution is 5.64. The van der Waals surface area contributed by atoms with Gasteiger partial charge in [0.25, 0.3) is 5.69 Å². The van der Waals surface area contributed by atoms with Crippen LogP contribution in [-0.2, 0) is 0 Å². The Morgan fingerprint density at radius 1 is 1.29 bits per heavy atom. The number of halogens is 1. The van der Waals surface area contributed by atoms with Crippen molar-refractivity contribution in [3.63, 3.8) is 0 Å². The lowest BCUT2D eigenvalue weighted by molar-refractivity contribution is -0.384. The summed E-state index contributed by atoms with van der Waals surface area (Å²) in [5, 5.41) is 14.7. The summed E-state index contributed by atoms with van der Waals surface area (Å²) >= 11 is 0. The van der Waals surface area contributed by atoms with Crippen LogP contribution in [0, 0.1) is 15.9 Å². The Morgan fingerprint density at radius 3 is 2.86 bits per heavy atom. The minimum absolute atomic E-state index is 0.00120. The average Bonchev–Trinajstić information content (AvgIpc) is 3.01. The largest absolute Gasteiger partial charge is 0.361 e. The predicted octanol–water partition coefficient (Wildman–Crippen LogP) is 2.84. The summed E-state index contributed by atoms with van der Waals surface area (Å²) in [6, 6.07) is 4.33. The van der Waals surface area contributed by atoms with Gasteiger partial charge in [-0.15, -0.1) is 0 Å². The van der Waals surface area contributed by atoms with E-state index in [2.05, 4.69) is 5.32 Å². The molecule has 21 heavy (non-hydrogen) atoms. The second kappa shape index (κ2) is 5.97. The molecule has 0 saturated carbocycles. The van der Waals surface area contributed by atoms with E-state index in [4.69, 9.17) is 0 Å². The van der Waals surface area contributed by atoms with Crippen LogP contribution >= 0.6 is 0 Å². The third-order valence-corrected chi connectivity index (χ3v) is 4.56. The zero-order valence-electron chi connectivity index (χ0n) is 11.9. The van der Waals surface area contributed by atoms with Crippen molar-refractivity contribution in [2.24, 2.45) is 0 Å². The van der Waals surface area contributed by atoms with Crippen molar-refractivity contribution in [1.82, 2.24) is 5.32 Å². The fraction of sp³-hybridized carbons (Fsp3) is 0.600. The Bertz CT molecular complexity index is 532. The van der Waals surface area contributed by atoms with E-state index in [0.29, 0.717) is 11.7 Å². The smallest absolute Gasteiger partial charge is 0.292 e. The van der Waals surface area contributed by atoms with E-state index in [1.807, 2.05) is 4.90 Å². The molecular weight excluding hydrogens is 273 g/mol. The molecule has 5 nitrogen and oxygen atoms in total. The van der Waals surface area contributed by atoms with Gasteiger partial charge in [0.15, 0.2) is 0 Å². The Hall–Kier alpha value is -1.69. The summed E-state index contributed by atoms with van der Waals surface area (Å²) < 4.78 is 13.6. The fourth-order valence-corrected chi connectivity index (χ4v) is 3.60. The molecule has 2 fully saturated rings. The summed E-state index contributed by atoms with van der Waals surface area (Å²) in [4.78, 5) is 12.9. The molecule has 114 valence electrons. The molecule has 2 unspecified atom stereocenters. The van der Waals surface area contributed by atoms with Crippen molar-refractivity contribution in [3.8, 4) is 0 Å². The van der Waals surface area contributed by atoms with Gasteiger partial charge in [-0.2, -0.15) is 0 Å². The molecule has 2 aliphatic heterocycles. The molecule has 2 aliphatic rings. The molecular formula is C15H20FN3O2. The molecule has 2 saturated heterocycles. The van der Waals surface area contributed by atoms with Crippen LogP contribution in [0.4, 0.5) is 15.8 Å². The predicted molar refractivity (Wildman–Crippen MR) is 79.1 cm³/mol. The normalized spacial score (nSPS) is 26.0. The highest BCUT2D eigenvalue weighted by atomic mass is 19.1. The van der Waals surface area contributed by atoms with Gasteiger partial charge in [-0.3, -0.25) is 10.1 Å². The van der Waals surface area contributed by atoms with E-state index in [1.54, 1.807) is 0 Å². The number of benzene rings is 1. The number of rotatable bonds is 3. The van der Waals surface area contributed by atoms with E-state index in [0.717, 1.165) is 51.3 Å². The fourth-order valence-electron chi connectivity index (χ4n) is 3.60. The molecule has 0 bridgehead atoms. The highest BCUT2D eigenvalue weighted by Gasteiger charge is 2.34. The maximum atomic E-state index is 13.6. The number of nitrogens with zero attached hydrogens (tertiary/aromatic N) is 2. The van der Waals surface area contributed by atoms with Crippen LogP contribution in [0.5, 0.6) is 0 Å². The number of nitro groups is 1. The third kappa shape index (κ3) is 2.85. The van der Waals surface area contributed by atoms with Gasteiger partial charge in [0.05, 0.1) is 4.92 Å². The van der Waals surface area contributed by atoms with Crippen molar-refractivity contribution in [3.05, 3.63) is 34.1 Å². The maximum absolute atomic E-state index is 13.6. The lowest BCUT2D eigenvalue weighted by atomic mass is 9.93. The van der Waals surface area contributed by atoms with Crippen LogP contribution in [0.3, 0.4) is 0 Å². The minimum Gasteiger partial charge on any atom is -0.361 e. The first-order valence-corrected chi connectivity index (χ1v) is 7.61. The number of hydrogen-bond acceptors (Lipinski definition) is 4.